The number of hydrogen-bond donors (Lipinski definition) is 2. The molecule has 1 atom stereocenters. The van der Waals surface area contributed by atoms with Gasteiger partial charge in [0.2, 0.25) is 5.91 Å². The molecule has 11 nitrogen and oxygen atoms in total. The number of anilines is 4. The smallest absolute Gasteiger partial charge is 0.245 e. The van der Waals surface area contributed by atoms with Gasteiger partial charge < -0.3 is 34.6 Å². The van der Waals surface area contributed by atoms with E-state index in [2.05, 4.69) is 50.9 Å². The molecule has 0 unspecified atom stereocenters. The number of nitrogens with zero attached hydrogens (tertiary/aromatic N) is 5. The summed E-state index contributed by atoms with van der Waals surface area (Å²) < 4.78 is 33.1. The molecule has 47 heavy (non-hydrogen) atoms. The molecule has 2 aromatic heterocycles. The summed E-state index contributed by atoms with van der Waals surface area (Å²) in [5, 5.41) is 7.39. The number of likely N-dealkylation sites (tertiary alicyclic amines) is 1. The summed E-state index contributed by atoms with van der Waals surface area (Å²) in [5.41, 5.74) is 1.65. The molecule has 2 fully saturated rings. The molecule has 246 valence electrons. The van der Waals surface area contributed by atoms with Crippen molar-refractivity contribution in [1.29, 1.82) is 0 Å². The van der Waals surface area contributed by atoms with Crippen LogP contribution in [0.25, 0.3) is 10.9 Å². The monoisotopic (exact) mass is 641 g/mol. The predicted octanol–water partition coefficient (Wildman–Crippen LogP) is 6.16. The highest BCUT2D eigenvalue weighted by molar-refractivity contribution is 5.95. The van der Waals surface area contributed by atoms with Crippen molar-refractivity contribution < 1.29 is 23.4 Å². The lowest BCUT2D eigenvalue weighted by Gasteiger charge is -2.35. The first-order chi connectivity index (χ1) is 22.8. The van der Waals surface area contributed by atoms with Gasteiger partial charge in [-0.2, -0.15) is 0 Å². The number of morpholine rings is 1. The minimum Gasteiger partial charge on any atom is -0.495 e. The molecule has 2 aliphatic heterocycles. The Morgan fingerprint density at radius 1 is 1.06 bits per heavy atom. The molecule has 2 N–H and O–H groups in total. The van der Waals surface area contributed by atoms with E-state index in [1.807, 2.05) is 18.2 Å². The van der Waals surface area contributed by atoms with Gasteiger partial charge in [-0.25, -0.2) is 19.3 Å². The van der Waals surface area contributed by atoms with Crippen LogP contribution >= 0.6 is 0 Å². The minimum atomic E-state index is -0.496. The first kappa shape index (κ1) is 32.0. The number of ether oxygens (including phenoxy) is 3. The van der Waals surface area contributed by atoms with Crippen LogP contribution in [0.4, 0.5) is 27.4 Å². The number of hydrogen-bond acceptors (Lipinski definition) is 10. The van der Waals surface area contributed by atoms with Crippen LogP contribution in [0.1, 0.15) is 26.7 Å². The maximum Gasteiger partial charge on any atom is 0.245 e. The number of carbonyl (C=O) groups excluding carboxylic acids is 1. The standard InChI is InChI=1S/C35H40FN7O4/c1-5-34(44)42-12-9-23(10-13-42)40-30-18-26-29(19-31(30)45-4)38-21-39-35(26)41-28-7-6-24(16-27(28)36)47-25-8-11-37-33(17-25)43-14-15-46-32(20-43)22(2)3/h5-8,11,16-19,21-23,32,40H,1,9-10,12-15,20H2,2-4H3,(H,38,39,41)/t32-/m0/s1. The fourth-order valence-electron chi connectivity index (χ4n) is 5.91. The molecule has 4 heterocycles. The van der Waals surface area contributed by atoms with Gasteiger partial charge in [-0.15, -0.1) is 0 Å². The molecular formula is C35H40FN7O4. The van der Waals surface area contributed by atoms with Crippen LogP contribution in [-0.2, 0) is 9.53 Å². The first-order valence-corrected chi connectivity index (χ1v) is 15.9. The maximum atomic E-state index is 15.5. The fourth-order valence-corrected chi connectivity index (χ4v) is 5.91. The van der Waals surface area contributed by atoms with Crippen LogP contribution in [0.5, 0.6) is 17.2 Å². The average molecular weight is 642 g/mol. The summed E-state index contributed by atoms with van der Waals surface area (Å²) >= 11 is 0. The van der Waals surface area contributed by atoms with E-state index in [9.17, 15) is 4.79 Å². The number of benzene rings is 2. The first-order valence-electron chi connectivity index (χ1n) is 15.9. The molecule has 2 aromatic carbocycles. The maximum absolute atomic E-state index is 15.5. The van der Waals surface area contributed by atoms with Crippen LogP contribution < -0.4 is 25.0 Å². The van der Waals surface area contributed by atoms with E-state index in [0.29, 0.717) is 59.6 Å². The summed E-state index contributed by atoms with van der Waals surface area (Å²) in [5.74, 6) is 2.65. The van der Waals surface area contributed by atoms with Crippen LogP contribution in [-0.4, -0.2) is 77.8 Å². The van der Waals surface area contributed by atoms with Gasteiger partial charge in [-0.1, -0.05) is 20.4 Å². The van der Waals surface area contributed by atoms with Gasteiger partial charge in [0.15, 0.2) is 0 Å². The summed E-state index contributed by atoms with van der Waals surface area (Å²) in [6.07, 6.45) is 6.18. The number of piperidine rings is 1. The third-order valence-electron chi connectivity index (χ3n) is 8.60. The summed E-state index contributed by atoms with van der Waals surface area (Å²) in [6, 6.07) is 12.2. The van der Waals surface area contributed by atoms with Crippen LogP contribution in [0.15, 0.2) is 67.6 Å². The number of methoxy groups -OCH3 is 1. The molecule has 12 heteroatoms. The van der Waals surface area contributed by atoms with Gasteiger partial charge >= 0.3 is 0 Å². The molecule has 0 radical (unpaired) electrons. The van der Waals surface area contributed by atoms with Gasteiger partial charge in [0, 0.05) is 62.0 Å². The highest BCUT2D eigenvalue weighted by atomic mass is 19.1. The zero-order valence-electron chi connectivity index (χ0n) is 26.9. The second kappa shape index (κ2) is 14.2. The highest BCUT2D eigenvalue weighted by Crippen LogP contribution is 2.35. The number of amides is 1. The van der Waals surface area contributed by atoms with Crippen molar-refractivity contribution >= 4 is 39.8 Å². The average Bonchev–Trinajstić information content (AvgIpc) is 3.09. The third-order valence-corrected chi connectivity index (χ3v) is 8.60. The number of halogens is 1. The van der Waals surface area contributed by atoms with Crippen molar-refractivity contribution in [2.45, 2.75) is 38.8 Å². The van der Waals surface area contributed by atoms with Crippen molar-refractivity contribution in [3.05, 3.63) is 73.5 Å². The lowest BCUT2D eigenvalue weighted by Crippen LogP contribution is -2.45. The number of pyridine rings is 1. The summed E-state index contributed by atoms with van der Waals surface area (Å²) in [6.45, 7) is 11.3. The Balaban J connectivity index is 1.17. The minimum absolute atomic E-state index is 0.0542. The van der Waals surface area contributed by atoms with Crippen molar-refractivity contribution in [1.82, 2.24) is 19.9 Å². The van der Waals surface area contributed by atoms with Gasteiger partial charge in [0.1, 0.15) is 41.0 Å². The van der Waals surface area contributed by atoms with E-state index < -0.39 is 5.82 Å². The van der Waals surface area contributed by atoms with Gasteiger partial charge in [-0.3, -0.25) is 4.79 Å². The molecule has 0 bridgehead atoms. The Kier molecular flexibility index (Phi) is 9.67. The van der Waals surface area contributed by atoms with Gasteiger partial charge in [-0.05, 0) is 49.1 Å². The molecule has 4 aromatic rings. The zero-order chi connectivity index (χ0) is 32.9. The van der Waals surface area contributed by atoms with Crippen molar-refractivity contribution in [3.63, 3.8) is 0 Å². The van der Waals surface area contributed by atoms with Crippen LogP contribution in [0, 0.1) is 11.7 Å². The molecule has 0 saturated carbocycles. The Morgan fingerprint density at radius 3 is 2.62 bits per heavy atom. The predicted molar refractivity (Wildman–Crippen MR) is 180 cm³/mol. The van der Waals surface area contributed by atoms with Gasteiger partial charge in [0.05, 0.1) is 36.7 Å². The topological polar surface area (TPSA) is 114 Å². The van der Waals surface area contributed by atoms with E-state index >= 15 is 4.39 Å². The van der Waals surface area contributed by atoms with Crippen molar-refractivity contribution in [2.24, 2.45) is 5.92 Å². The second-order valence-corrected chi connectivity index (χ2v) is 12.1. The Hall–Kier alpha value is -4.97. The second-order valence-electron chi connectivity index (χ2n) is 12.1. The van der Waals surface area contributed by atoms with Crippen LogP contribution in [0.3, 0.4) is 0 Å². The number of rotatable bonds is 10. The lowest BCUT2D eigenvalue weighted by molar-refractivity contribution is -0.126. The molecule has 0 aliphatic carbocycles. The molecule has 1 amide bonds. The number of aromatic nitrogens is 3. The molecule has 0 spiro atoms. The van der Waals surface area contributed by atoms with E-state index in [1.54, 1.807) is 36.4 Å². The Bertz CT molecular complexity index is 1740. The van der Waals surface area contributed by atoms with E-state index in [1.165, 1.54) is 18.5 Å². The largest absolute Gasteiger partial charge is 0.495 e. The van der Waals surface area contributed by atoms with E-state index in [-0.39, 0.29) is 23.7 Å². The Labute approximate surface area is 273 Å². The van der Waals surface area contributed by atoms with Crippen molar-refractivity contribution in [3.8, 4) is 17.2 Å². The van der Waals surface area contributed by atoms with Crippen molar-refractivity contribution in [2.75, 3.05) is 55.4 Å². The third kappa shape index (κ3) is 7.38. The number of fused-ring (bicyclic) bond motifs is 1. The molecule has 2 saturated heterocycles. The van der Waals surface area contributed by atoms with E-state index in [4.69, 9.17) is 14.2 Å². The molecular weight excluding hydrogens is 601 g/mol. The fraction of sp³-hybridized carbons (Fsp3) is 0.371. The normalized spacial score (nSPS) is 17.1. The quantitative estimate of drug-likeness (QED) is 0.195. The molecule has 6 rings (SSSR count). The summed E-state index contributed by atoms with van der Waals surface area (Å²) in [4.78, 5) is 29.3. The molecule has 2 aliphatic rings. The number of carbonyl (C=O) groups is 1. The van der Waals surface area contributed by atoms with E-state index in [0.717, 1.165) is 37.4 Å². The SMILES string of the molecule is C=CC(=O)N1CCC(Nc2cc3c(Nc4ccc(Oc5ccnc(N6CCO[C@H](C(C)C)C6)c5)cc4F)ncnc3cc2OC)CC1. The van der Waals surface area contributed by atoms with Gasteiger partial charge in [0.25, 0.3) is 0 Å². The highest BCUT2D eigenvalue weighted by Gasteiger charge is 2.25. The number of nitrogens with one attached hydrogen (secondary N) is 2. The van der Waals surface area contributed by atoms with Crippen LogP contribution in [0.2, 0.25) is 0 Å². The summed E-state index contributed by atoms with van der Waals surface area (Å²) in [7, 11) is 1.61. The Morgan fingerprint density at radius 2 is 1.87 bits per heavy atom. The zero-order valence-corrected chi connectivity index (χ0v) is 26.9. The lowest BCUT2D eigenvalue weighted by atomic mass is 10.0.